The standard InChI is InChI=1S/C22H23F3N4O2/c23-22(24,25)17-5-14(3-15(6-17)9-26)4-16-7-20(8-16)10-28(11-20)19(31)29-12-21(13-29)2-1-18(30)27-21/h3,5-6,16H,1-2,4,7-8,10-13H2,(H,27,30). The zero-order valence-electron chi connectivity index (χ0n) is 17.0. The first-order chi connectivity index (χ1) is 14.6. The average molecular weight is 432 g/mol. The Morgan fingerprint density at radius 1 is 1.16 bits per heavy atom. The van der Waals surface area contributed by atoms with Gasteiger partial charge in [-0.2, -0.15) is 18.4 Å². The molecule has 0 unspecified atom stereocenters. The number of nitriles is 1. The van der Waals surface area contributed by atoms with Crippen molar-refractivity contribution in [3.05, 3.63) is 34.9 Å². The molecule has 3 amide bonds. The minimum Gasteiger partial charge on any atom is -0.347 e. The van der Waals surface area contributed by atoms with E-state index in [4.69, 9.17) is 5.26 Å². The zero-order valence-corrected chi connectivity index (χ0v) is 17.0. The summed E-state index contributed by atoms with van der Waals surface area (Å²) in [5.41, 5.74) is -0.330. The highest BCUT2D eigenvalue weighted by Crippen LogP contribution is 2.53. The highest BCUT2D eigenvalue weighted by atomic mass is 19.4. The van der Waals surface area contributed by atoms with E-state index in [1.165, 1.54) is 0 Å². The van der Waals surface area contributed by atoms with Crippen molar-refractivity contribution < 1.29 is 22.8 Å². The van der Waals surface area contributed by atoms with Gasteiger partial charge in [-0.15, -0.1) is 0 Å². The van der Waals surface area contributed by atoms with Crippen LogP contribution in [0, 0.1) is 22.7 Å². The maximum Gasteiger partial charge on any atom is 0.416 e. The van der Waals surface area contributed by atoms with E-state index in [0.717, 1.165) is 31.4 Å². The lowest BCUT2D eigenvalue weighted by Crippen LogP contribution is -2.73. The van der Waals surface area contributed by atoms with Gasteiger partial charge in [0.2, 0.25) is 5.91 Å². The third kappa shape index (κ3) is 3.52. The molecule has 5 rings (SSSR count). The first kappa shape index (κ1) is 20.2. The molecule has 0 radical (unpaired) electrons. The molecule has 0 atom stereocenters. The lowest BCUT2D eigenvalue weighted by molar-refractivity contribution is -0.137. The molecule has 1 saturated carbocycles. The molecule has 31 heavy (non-hydrogen) atoms. The summed E-state index contributed by atoms with van der Waals surface area (Å²) in [6, 6.07) is 5.40. The van der Waals surface area contributed by atoms with Crippen molar-refractivity contribution in [2.75, 3.05) is 26.2 Å². The van der Waals surface area contributed by atoms with Crippen molar-refractivity contribution in [2.24, 2.45) is 11.3 Å². The Balaban J connectivity index is 1.12. The number of carbonyl (C=O) groups excluding carboxylic acids is 2. The largest absolute Gasteiger partial charge is 0.416 e. The highest BCUT2D eigenvalue weighted by Gasteiger charge is 2.56. The second kappa shape index (κ2) is 6.62. The number of amides is 3. The number of benzene rings is 1. The quantitative estimate of drug-likeness (QED) is 0.781. The van der Waals surface area contributed by atoms with Crippen LogP contribution in [0.4, 0.5) is 18.0 Å². The van der Waals surface area contributed by atoms with E-state index in [1.54, 1.807) is 11.0 Å². The lowest BCUT2D eigenvalue weighted by Gasteiger charge is -2.61. The molecule has 0 aromatic heterocycles. The summed E-state index contributed by atoms with van der Waals surface area (Å²) in [5, 5.41) is 12.0. The Labute approximate surface area is 178 Å². The van der Waals surface area contributed by atoms with Gasteiger partial charge in [-0.25, -0.2) is 4.79 Å². The maximum absolute atomic E-state index is 13.1. The fraction of sp³-hybridized carbons (Fsp3) is 0.591. The summed E-state index contributed by atoms with van der Waals surface area (Å²) < 4.78 is 39.2. The third-order valence-corrected chi connectivity index (χ3v) is 7.23. The minimum absolute atomic E-state index is 0.0115. The Hall–Kier alpha value is -2.76. The molecule has 1 aromatic carbocycles. The third-order valence-electron chi connectivity index (χ3n) is 7.23. The van der Waals surface area contributed by atoms with E-state index in [2.05, 4.69) is 5.32 Å². The Morgan fingerprint density at radius 3 is 2.42 bits per heavy atom. The number of halogens is 3. The summed E-state index contributed by atoms with van der Waals surface area (Å²) in [4.78, 5) is 27.7. The monoisotopic (exact) mass is 432 g/mol. The molecule has 4 aliphatic rings. The SMILES string of the molecule is N#Cc1cc(CC2CC3(C2)CN(C(=O)N2CC4(CCC(=O)N4)C2)C3)cc(C(F)(F)F)c1. The molecule has 1 aliphatic carbocycles. The van der Waals surface area contributed by atoms with Crippen LogP contribution in [0.2, 0.25) is 0 Å². The van der Waals surface area contributed by atoms with Crippen molar-refractivity contribution in [3.8, 4) is 6.07 Å². The number of nitrogens with one attached hydrogen (secondary N) is 1. The van der Waals surface area contributed by atoms with E-state index in [9.17, 15) is 22.8 Å². The molecule has 3 saturated heterocycles. The number of alkyl halides is 3. The second-order valence-electron chi connectivity index (χ2n) is 9.83. The molecule has 4 fully saturated rings. The van der Waals surface area contributed by atoms with E-state index in [1.807, 2.05) is 11.0 Å². The molecule has 1 aromatic rings. The van der Waals surface area contributed by atoms with Crippen LogP contribution in [0.25, 0.3) is 0 Å². The summed E-state index contributed by atoms with van der Waals surface area (Å²) in [6.45, 7) is 2.51. The molecule has 1 N–H and O–H groups in total. The summed E-state index contributed by atoms with van der Waals surface area (Å²) in [7, 11) is 0. The van der Waals surface area contributed by atoms with Gasteiger partial charge in [-0.3, -0.25) is 4.79 Å². The average Bonchev–Trinajstić information content (AvgIpc) is 3.02. The molecule has 164 valence electrons. The zero-order chi connectivity index (χ0) is 22.0. The molecule has 9 heteroatoms. The fourth-order valence-corrected chi connectivity index (χ4v) is 5.87. The van der Waals surface area contributed by atoms with E-state index in [0.29, 0.717) is 44.6 Å². The predicted molar refractivity (Wildman–Crippen MR) is 104 cm³/mol. The van der Waals surface area contributed by atoms with Crippen LogP contribution in [-0.4, -0.2) is 53.5 Å². The van der Waals surface area contributed by atoms with Gasteiger partial charge < -0.3 is 15.1 Å². The van der Waals surface area contributed by atoms with Crippen LogP contribution in [0.3, 0.4) is 0 Å². The normalized spacial score (nSPS) is 23.7. The fourth-order valence-electron chi connectivity index (χ4n) is 5.87. The van der Waals surface area contributed by atoms with Gasteiger partial charge >= 0.3 is 12.2 Å². The van der Waals surface area contributed by atoms with Gasteiger partial charge in [0.15, 0.2) is 0 Å². The molecule has 3 aliphatic heterocycles. The van der Waals surface area contributed by atoms with Gasteiger partial charge in [-0.05, 0) is 55.4 Å². The molecule has 2 spiro atoms. The van der Waals surface area contributed by atoms with Gasteiger partial charge in [0.1, 0.15) is 0 Å². The first-order valence-corrected chi connectivity index (χ1v) is 10.5. The predicted octanol–water partition coefficient (Wildman–Crippen LogP) is 2.92. The Morgan fingerprint density at radius 2 is 1.84 bits per heavy atom. The van der Waals surface area contributed by atoms with Gasteiger partial charge in [-0.1, -0.05) is 0 Å². The van der Waals surface area contributed by atoms with Crippen LogP contribution < -0.4 is 5.32 Å². The van der Waals surface area contributed by atoms with Gasteiger partial charge in [0, 0.05) is 38.0 Å². The number of carbonyl (C=O) groups is 2. The van der Waals surface area contributed by atoms with Crippen LogP contribution in [-0.2, 0) is 17.4 Å². The van der Waals surface area contributed by atoms with Crippen LogP contribution in [0.5, 0.6) is 0 Å². The molecule has 0 bridgehead atoms. The number of nitrogens with zero attached hydrogens (tertiary/aromatic N) is 3. The van der Waals surface area contributed by atoms with Crippen molar-refractivity contribution in [1.29, 1.82) is 5.26 Å². The molecular formula is C22H23F3N4O2. The summed E-state index contributed by atoms with van der Waals surface area (Å²) in [5.74, 6) is 0.325. The number of likely N-dealkylation sites (tertiary alicyclic amines) is 2. The number of hydrogen-bond donors (Lipinski definition) is 1. The highest BCUT2D eigenvalue weighted by molar-refractivity contribution is 5.82. The topological polar surface area (TPSA) is 76.4 Å². The first-order valence-electron chi connectivity index (χ1n) is 10.5. The summed E-state index contributed by atoms with van der Waals surface area (Å²) >= 11 is 0. The molecule has 6 nitrogen and oxygen atoms in total. The second-order valence-corrected chi connectivity index (χ2v) is 9.83. The van der Waals surface area contributed by atoms with Crippen LogP contribution in [0.15, 0.2) is 18.2 Å². The van der Waals surface area contributed by atoms with Crippen molar-refractivity contribution >= 4 is 11.9 Å². The van der Waals surface area contributed by atoms with Gasteiger partial charge in [0.05, 0.1) is 22.7 Å². The molecule has 3 heterocycles. The van der Waals surface area contributed by atoms with E-state index >= 15 is 0 Å². The van der Waals surface area contributed by atoms with E-state index < -0.39 is 11.7 Å². The Bertz CT molecular complexity index is 979. The van der Waals surface area contributed by atoms with Crippen LogP contribution >= 0.6 is 0 Å². The lowest BCUT2D eigenvalue weighted by atomic mass is 9.56. The smallest absolute Gasteiger partial charge is 0.347 e. The number of hydrogen-bond acceptors (Lipinski definition) is 3. The van der Waals surface area contributed by atoms with Crippen molar-refractivity contribution in [1.82, 2.24) is 15.1 Å². The van der Waals surface area contributed by atoms with Gasteiger partial charge in [0.25, 0.3) is 0 Å². The van der Waals surface area contributed by atoms with E-state index in [-0.39, 0.29) is 34.4 Å². The number of rotatable bonds is 2. The van der Waals surface area contributed by atoms with Crippen molar-refractivity contribution in [2.45, 2.75) is 43.8 Å². The molecular weight excluding hydrogens is 409 g/mol. The van der Waals surface area contributed by atoms with Crippen LogP contribution in [0.1, 0.15) is 42.4 Å². The Kier molecular flexibility index (Phi) is 4.30. The van der Waals surface area contributed by atoms with Crippen molar-refractivity contribution in [3.63, 3.8) is 0 Å². The summed E-state index contributed by atoms with van der Waals surface area (Å²) in [6.07, 6.45) is -0.872. The maximum atomic E-state index is 13.1. The number of urea groups is 1. The minimum atomic E-state index is -4.46.